The summed E-state index contributed by atoms with van der Waals surface area (Å²) in [6, 6.07) is 15.7. The molecule has 28 heteroatoms. The van der Waals surface area contributed by atoms with Crippen LogP contribution in [0.3, 0.4) is 0 Å². The molecule has 0 radical (unpaired) electrons. The second-order valence-electron chi connectivity index (χ2n) is 29.5. The predicted molar refractivity (Wildman–Crippen MR) is 366 cm³/mol. The number of amides is 2. The minimum absolute atomic E-state index is 0.0674. The van der Waals surface area contributed by atoms with Gasteiger partial charge in [-0.05, 0) is 181 Å². The number of nitrogens with zero attached hydrogens (tertiary/aromatic N) is 16. The highest BCUT2D eigenvalue weighted by Crippen LogP contribution is 2.39. The number of hydrogen-bond donors (Lipinski definition) is 2. The zero-order valence-electron chi connectivity index (χ0n) is 58.4. The van der Waals surface area contributed by atoms with Gasteiger partial charge in [-0.1, -0.05) is 52.4 Å². The smallest absolute Gasteiger partial charge is 0.444 e. The van der Waals surface area contributed by atoms with Gasteiger partial charge in [0.25, 0.3) is 0 Å². The molecular formula is C68H90BClN18O8. The fourth-order valence-corrected chi connectivity index (χ4v) is 10.9. The van der Waals surface area contributed by atoms with E-state index in [4.69, 9.17) is 35.4 Å². The number of ketones is 2. The van der Waals surface area contributed by atoms with Gasteiger partial charge in [-0.3, -0.25) is 19.0 Å². The molecule has 2 N–H and O–H groups in total. The van der Waals surface area contributed by atoms with Crippen molar-refractivity contribution >= 4 is 71.2 Å². The fraction of sp³-hybridized carbons (Fsp3) is 0.500. The average molecular weight is 1330 g/mol. The number of anilines is 4. The van der Waals surface area contributed by atoms with Crippen molar-refractivity contribution in [2.24, 2.45) is 14.1 Å². The number of carbonyl (C=O) groups is 4. The molecule has 1 saturated heterocycles. The van der Waals surface area contributed by atoms with Crippen molar-refractivity contribution in [3.8, 4) is 11.3 Å². The van der Waals surface area contributed by atoms with E-state index in [2.05, 4.69) is 62.5 Å². The van der Waals surface area contributed by atoms with Crippen molar-refractivity contribution in [1.29, 1.82) is 0 Å². The summed E-state index contributed by atoms with van der Waals surface area (Å²) in [5, 5.41) is 31.4. The van der Waals surface area contributed by atoms with Crippen molar-refractivity contribution in [3.63, 3.8) is 0 Å². The van der Waals surface area contributed by atoms with Gasteiger partial charge in [0.2, 0.25) is 11.9 Å². The van der Waals surface area contributed by atoms with Gasteiger partial charge in [-0.15, -0.1) is 10.2 Å². The Kier molecular flexibility index (Phi) is 21.1. The molecule has 26 nitrogen and oxygen atoms in total. The van der Waals surface area contributed by atoms with E-state index in [1.54, 1.807) is 71.8 Å². The molecule has 2 aromatic carbocycles. The molecule has 3 aliphatic heterocycles. The van der Waals surface area contributed by atoms with E-state index in [0.29, 0.717) is 67.5 Å². The van der Waals surface area contributed by atoms with Crippen LogP contribution in [0.4, 0.5) is 32.9 Å². The third-order valence-corrected chi connectivity index (χ3v) is 16.7. The van der Waals surface area contributed by atoms with E-state index >= 15 is 0 Å². The van der Waals surface area contributed by atoms with Crippen LogP contribution in [0.5, 0.6) is 0 Å². The maximum absolute atomic E-state index is 13.4. The summed E-state index contributed by atoms with van der Waals surface area (Å²) in [6.07, 6.45) is 14.8. The number of nitrogens with one attached hydrogen (secondary N) is 2. The molecule has 0 aliphatic carbocycles. The highest BCUT2D eigenvalue weighted by Gasteiger charge is 2.52. The molecule has 510 valence electrons. The van der Waals surface area contributed by atoms with E-state index in [0.717, 1.165) is 50.3 Å². The molecule has 9 heterocycles. The first-order valence-electron chi connectivity index (χ1n) is 32.2. The number of ether oxygens (including phenoxy) is 2. The van der Waals surface area contributed by atoms with Crippen LogP contribution >= 0.6 is 11.6 Å². The summed E-state index contributed by atoms with van der Waals surface area (Å²) in [7, 11) is 3.16. The maximum atomic E-state index is 13.4. The first-order chi connectivity index (χ1) is 44.8. The zero-order chi connectivity index (χ0) is 69.9. The predicted octanol–water partition coefficient (Wildman–Crippen LogP) is 11.9. The second kappa shape index (κ2) is 28.4. The summed E-state index contributed by atoms with van der Waals surface area (Å²) < 4.78 is 30.8. The van der Waals surface area contributed by atoms with Gasteiger partial charge in [0.05, 0.1) is 64.1 Å². The van der Waals surface area contributed by atoms with Crippen LogP contribution in [-0.2, 0) is 57.0 Å². The maximum Gasteiger partial charge on any atom is 0.494 e. The quantitative estimate of drug-likeness (QED) is 0.0653. The number of fused-ring (bicyclic) bond motifs is 2. The summed E-state index contributed by atoms with van der Waals surface area (Å²) in [5.74, 6) is 0.558. The van der Waals surface area contributed by atoms with Crippen LogP contribution in [-0.4, -0.2) is 146 Å². The SMILES string of the molecule is CC(C)(C)OC(=O)N1CC[C@@H](CC(=O)c2cn(C(C)(C)C)nn2)c2ccc(B3OC(C)(C)C(C)(C)O3)cc2C1.Cn1cc(Nc2nccc(-c3ccc4c(c3)CN(C(=O)OC(C)(C)C)CC[C@H]4CC(=O)c3cn(C(C)(C)C)nn3)n2)cn1.Cn1cc(Nc2nccc(Cl)n2)cn1. The van der Waals surface area contributed by atoms with Crippen LogP contribution in [0, 0.1) is 0 Å². The molecule has 2 atom stereocenters. The fourth-order valence-electron chi connectivity index (χ4n) is 10.8. The normalized spacial score (nSPS) is 16.9. The van der Waals surface area contributed by atoms with Gasteiger partial charge in [0.15, 0.2) is 11.6 Å². The molecule has 3 aliphatic rings. The third-order valence-electron chi connectivity index (χ3n) is 16.5. The number of halogens is 1. The Labute approximate surface area is 566 Å². The second-order valence-corrected chi connectivity index (χ2v) is 29.8. The van der Waals surface area contributed by atoms with Crippen LogP contribution in [0.15, 0.2) is 98.1 Å². The zero-order valence-corrected chi connectivity index (χ0v) is 59.2. The Hall–Kier alpha value is -8.95. The Bertz CT molecular complexity index is 4060. The van der Waals surface area contributed by atoms with Crippen molar-refractivity contribution in [1.82, 2.24) is 79.3 Å². The van der Waals surface area contributed by atoms with Crippen LogP contribution in [0.25, 0.3) is 11.3 Å². The Morgan fingerprint density at radius 1 is 0.604 bits per heavy atom. The standard InChI is InChI=1S/C31H39N9O3.C29H43BN4O5.C8H8ClN5/c1-30(2,3)40-19-26(36-37-40)27(41)15-20-11-13-39(29(42)43-31(4,5)6)17-22-14-21(8-9-24(20)22)25-10-12-32-28(35-25)34-23-16-33-38(7)18-23;1-26(2,3)34-18-23(31-32-34)24(35)16-19-13-14-33(25(36)37-27(4,5)6)17-20-15-21(11-12-22(19)20)30-38-28(7,8)29(9,10)39-30;1-14-5-6(4-11-14)12-8-10-3-2-7(9)13-8/h8-10,12,14,16,18-20H,11,13,15,17H2,1-7H3,(H,32,34,35);11-12,15,18-19H,13-14,16-17H2,1-10H3;2-5H,1H3,(H,10,12,13)/t20-;19-;/m00./s1. The van der Waals surface area contributed by atoms with Gasteiger partial charge >= 0.3 is 19.3 Å². The number of aromatic nitrogens is 14. The Balaban J connectivity index is 0.000000188. The van der Waals surface area contributed by atoms with Gasteiger partial charge in [0, 0.05) is 83.5 Å². The number of benzene rings is 2. The minimum Gasteiger partial charge on any atom is -0.444 e. The molecule has 6 aromatic heterocycles. The molecule has 11 rings (SSSR count). The lowest BCUT2D eigenvalue weighted by Gasteiger charge is -2.32. The Morgan fingerprint density at radius 2 is 1.05 bits per heavy atom. The summed E-state index contributed by atoms with van der Waals surface area (Å²) >= 11 is 5.70. The lowest BCUT2D eigenvalue weighted by molar-refractivity contribution is 0.00578. The van der Waals surface area contributed by atoms with Crippen molar-refractivity contribution in [2.45, 2.75) is 195 Å². The summed E-state index contributed by atoms with van der Waals surface area (Å²) in [6.45, 7) is 33.0. The number of aryl methyl sites for hydroxylation is 2. The molecule has 0 spiro atoms. The van der Waals surface area contributed by atoms with Gasteiger partial charge in [-0.25, -0.2) is 38.9 Å². The molecule has 96 heavy (non-hydrogen) atoms. The lowest BCUT2D eigenvalue weighted by Crippen LogP contribution is -2.41. The summed E-state index contributed by atoms with van der Waals surface area (Å²) in [4.78, 5) is 73.5. The number of Topliss-reactive ketones (excluding diaryl/α,β-unsaturated/α-hetero) is 2. The van der Waals surface area contributed by atoms with E-state index in [-0.39, 0.29) is 59.5 Å². The minimum atomic E-state index is -0.624. The van der Waals surface area contributed by atoms with Crippen molar-refractivity contribution in [3.05, 3.63) is 137 Å². The van der Waals surface area contributed by atoms with Gasteiger partial charge in [0.1, 0.15) is 27.7 Å². The van der Waals surface area contributed by atoms with Crippen LogP contribution < -0.4 is 16.1 Å². The van der Waals surface area contributed by atoms with E-state index in [1.807, 2.05) is 174 Å². The highest BCUT2D eigenvalue weighted by atomic mass is 35.5. The lowest BCUT2D eigenvalue weighted by atomic mass is 9.76. The number of hydrogen-bond acceptors (Lipinski definition) is 20. The number of carbonyl (C=O) groups excluding carboxylic acids is 4. The van der Waals surface area contributed by atoms with Crippen molar-refractivity contribution in [2.75, 3.05) is 23.7 Å². The van der Waals surface area contributed by atoms with Gasteiger partial charge in [-0.2, -0.15) is 10.2 Å². The molecule has 0 saturated carbocycles. The monoisotopic (exact) mass is 1330 g/mol. The molecule has 2 amide bonds. The van der Waals surface area contributed by atoms with E-state index in [9.17, 15) is 19.2 Å². The Morgan fingerprint density at radius 3 is 1.48 bits per heavy atom. The summed E-state index contributed by atoms with van der Waals surface area (Å²) in [5.41, 5.74) is 6.05. The van der Waals surface area contributed by atoms with Crippen molar-refractivity contribution < 1.29 is 38.0 Å². The topological polar surface area (TPSA) is 284 Å². The third kappa shape index (κ3) is 18.5. The van der Waals surface area contributed by atoms with Gasteiger partial charge < -0.3 is 39.2 Å². The van der Waals surface area contributed by atoms with Crippen LogP contribution in [0.1, 0.15) is 192 Å². The highest BCUT2D eigenvalue weighted by molar-refractivity contribution is 6.62. The largest absolute Gasteiger partial charge is 0.494 e. The average Bonchev–Trinajstić information content (AvgIpc) is 1.61. The van der Waals surface area contributed by atoms with E-state index < -0.39 is 29.5 Å². The first-order valence-corrected chi connectivity index (χ1v) is 32.6. The molecular weight excluding hydrogens is 1240 g/mol. The molecule has 0 unspecified atom stereocenters. The number of rotatable bonds is 12. The van der Waals surface area contributed by atoms with Crippen LogP contribution in [0.2, 0.25) is 5.15 Å². The first kappa shape index (κ1) is 71.4. The van der Waals surface area contributed by atoms with E-state index in [1.165, 1.54) is 0 Å². The molecule has 0 bridgehead atoms. The molecule has 1 fully saturated rings. The molecule has 8 aromatic rings.